The molecule has 0 radical (unpaired) electrons. The predicted molar refractivity (Wildman–Crippen MR) is 37.4 cm³/mol. The first-order chi connectivity index (χ1) is 4.38. The van der Waals surface area contributed by atoms with Crippen molar-refractivity contribution in [1.82, 2.24) is 4.98 Å². The summed E-state index contributed by atoms with van der Waals surface area (Å²) in [6.45, 7) is 0. The van der Waals surface area contributed by atoms with Gasteiger partial charge in [0.05, 0.1) is 5.51 Å². The minimum absolute atomic E-state index is 0.422. The summed E-state index contributed by atoms with van der Waals surface area (Å²) in [5.74, 6) is 0.637. The van der Waals surface area contributed by atoms with Crippen LogP contribution in [0.1, 0.15) is 17.2 Å². The summed E-state index contributed by atoms with van der Waals surface area (Å²) in [7, 11) is 0. The number of hydrogen-bond acceptors (Lipinski definition) is 3. The number of nitrogens with zero attached hydrogens (tertiary/aromatic N) is 1. The van der Waals surface area contributed by atoms with Crippen LogP contribution in [-0.4, -0.2) is 11.0 Å². The first-order valence-electron chi connectivity index (χ1n) is 3.02. The molecule has 0 amide bonds. The van der Waals surface area contributed by atoms with Gasteiger partial charge in [-0.15, -0.1) is 11.3 Å². The maximum Gasteiger partial charge on any atom is 0.0794 e. The highest BCUT2D eigenvalue weighted by atomic mass is 32.1. The molecule has 2 nitrogen and oxygen atoms in total. The summed E-state index contributed by atoms with van der Waals surface area (Å²) >= 11 is 1.71. The molecule has 9 heavy (non-hydrogen) atoms. The molecule has 0 unspecified atom stereocenters. The van der Waals surface area contributed by atoms with Crippen molar-refractivity contribution < 1.29 is 0 Å². The summed E-state index contributed by atoms with van der Waals surface area (Å²) in [6, 6.07) is 0.422. The summed E-state index contributed by atoms with van der Waals surface area (Å²) < 4.78 is 0. The Bertz CT molecular complexity index is 195. The second-order valence-corrected chi connectivity index (χ2v) is 3.33. The highest BCUT2D eigenvalue weighted by molar-refractivity contribution is 7.09. The summed E-state index contributed by atoms with van der Waals surface area (Å²) in [5.41, 5.74) is 7.50. The van der Waals surface area contributed by atoms with Gasteiger partial charge in [-0.25, -0.2) is 0 Å². The van der Waals surface area contributed by atoms with Crippen molar-refractivity contribution in [2.45, 2.75) is 18.4 Å². The van der Waals surface area contributed by atoms with E-state index >= 15 is 0 Å². The summed E-state index contributed by atoms with van der Waals surface area (Å²) in [4.78, 5) is 5.33. The Balaban J connectivity index is 2.18. The third-order valence-electron chi connectivity index (χ3n) is 1.66. The largest absolute Gasteiger partial charge is 0.327 e. The molecule has 1 aliphatic carbocycles. The minimum Gasteiger partial charge on any atom is -0.327 e. The average Bonchev–Trinajstić information content (AvgIpc) is 2.44. The lowest BCUT2D eigenvalue weighted by molar-refractivity contribution is 1.00. The van der Waals surface area contributed by atoms with Crippen LogP contribution in [-0.2, 0) is 0 Å². The standard InChI is InChI=1S/C6H8N2S/c7-5-1-4(5)6-2-8-3-9-6/h2-5H,1,7H2/t4-,5-/m1/s1. The molecule has 0 saturated heterocycles. The third-order valence-corrected chi connectivity index (χ3v) is 2.56. The second-order valence-electron chi connectivity index (χ2n) is 2.41. The Morgan fingerprint density at radius 1 is 1.78 bits per heavy atom. The first kappa shape index (κ1) is 5.38. The van der Waals surface area contributed by atoms with Gasteiger partial charge in [-0.2, -0.15) is 0 Å². The van der Waals surface area contributed by atoms with Crippen molar-refractivity contribution in [2.24, 2.45) is 5.73 Å². The molecule has 0 aromatic carbocycles. The molecule has 1 saturated carbocycles. The van der Waals surface area contributed by atoms with Crippen LogP contribution < -0.4 is 5.73 Å². The van der Waals surface area contributed by atoms with Crippen LogP contribution >= 0.6 is 11.3 Å². The predicted octanol–water partition coefficient (Wildman–Crippen LogP) is 0.958. The van der Waals surface area contributed by atoms with E-state index in [1.165, 1.54) is 4.88 Å². The topological polar surface area (TPSA) is 38.9 Å². The quantitative estimate of drug-likeness (QED) is 0.631. The lowest BCUT2D eigenvalue weighted by Gasteiger charge is -1.84. The molecule has 48 valence electrons. The highest BCUT2D eigenvalue weighted by Crippen LogP contribution is 2.40. The average molecular weight is 140 g/mol. The molecule has 1 aromatic heterocycles. The summed E-state index contributed by atoms with van der Waals surface area (Å²) in [5, 5.41) is 0. The van der Waals surface area contributed by atoms with E-state index in [1.807, 2.05) is 11.7 Å². The number of aromatic nitrogens is 1. The SMILES string of the molecule is N[C@@H]1C[C@H]1c1cncs1. The Morgan fingerprint density at radius 2 is 2.56 bits per heavy atom. The van der Waals surface area contributed by atoms with Gasteiger partial charge in [0.2, 0.25) is 0 Å². The van der Waals surface area contributed by atoms with Gasteiger partial charge in [-0.1, -0.05) is 0 Å². The highest BCUT2D eigenvalue weighted by Gasteiger charge is 2.35. The molecule has 0 spiro atoms. The number of thiazole rings is 1. The fourth-order valence-electron chi connectivity index (χ4n) is 0.951. The van der Waals surface area contributed by atoms with Gasteiger partial charge < -0.3 is 5.73 Å². The van der Waals surface area contributed by atoms with Crippen molar-refractivity contribution in [3.8, 4) is 0 Å². The zero-order valence-electron chi connectivity index (χ0n) is 4.95. The van der Waals surface area contributed by atoms with Crippen molar-refractivity contribution in [1.29, 1.82) is 0 Å². The van der Waals surface area contributed by atoms with E-state index < -0.39 is 0 Å². The molecule has 0 bridgehead atoms. The molecular weight excluding hydrogens is 132 g/mol. The van der Waals surface area contributed by atoms with E-state index in [9.17, 15) is 0 Å². The maximum atomic E-state index is 5.64. The van der Waals surface area contributed by atoms with Crippen LogP contribution in [0.5, 0.6) is 0 Å². The monoisotopic (exact) mass is 140 g/mol. The normalized spacial score (nSPS) is 32.6. The van der Waals surface area contributed by atoms with Crippen LogP contribution in [0.25, 0.3) is 0 Å². The fourth-order valence-corrected chi connectivity index (χ4v) is 1.76. The molecule has 2 N–H and O–H groups in total. The number of hydrogen-bond donors (Lipinski definition) is 1. The summed E-state index contributed by atoms with van der Waals surface area (Å²) in [6.07, 6.45) is 3.07. The van der Waals surface area contributed by atoms with Gasteiger partial charge in [0.25, 0.3) is 0 Å². The van der Waals surface area contributed by atoms with Gasteiger partial charge in [-0.3, -0.25) is 4.98 Å². The van der Waals surface area contributed by atoms with E-state index in [2.05, 4.69) is 4.98 Å². The molecule has 2 atom stereocenters. The van der Waals surface area contributed by atoms with Crippen LogP contribution in [0.4, 0.5) is 0 Å². The minimum atomic E-state index is 0.422. The lowest BCUT2D eigenvalue weighted by Crippen LogP contribution is -1.99. The maximum absolute atomic E-state index is 5.64. The molecule has 1 aliphatic rings. The van der Waals surface area contributed by atoms with E-state index in [4.69, 9.17) is 5.73 Å². The van der Waals surface area contributed by atoms with Crippen molar-refractivity contribution in [3.63, 3.8) is 0 Å². The van der Waals surface area contributed by atoms with Crippen molar-refractivity contribution in [3.05, 3.63) is 16.6 Å². The van der Waals surface area contributed by atoms with E-state index in [0.29, 0.717) is 12.0 Å². The molecule has 0 aliphatic heterocycles. The van der Waals surface area contributed by atoms with Crippen molar-refractivity contribution in [2.75, 3.05) is 0 Å². The fraction of sp³-hybridized carbons (Fsp3) is 0.500. The van der Waals surface area contributed by atoms with Crippen LogP contribution in [0.15, 0.2) is 11.7 Å². The van der Waals surface area contributed by atoms with E-state index in [0.717, 1.165) is 6.42 Å². The van der Waals surface area contributed by atoms with Gasteiger partial charge in [0.15, 0.2) is 0 Å². The Labute approximate surface area is 57.7 Å². The smallest absolute Gasteiger partial charge is 0.0794 e. The molecule has 2 rings (SSSR count). The molecular formula is C6H8N2S. The number of nitrogens with two attached hydrogens (primary N) is 1. The Morgan fingerprint density at radius 3 is 3.00 bits per heavy atom. The van der Waals surface area contributed by atoms with Gasteiger partial charge in [0, 0.05) is 23.0 Å². The molecule has 1 heterocycles. The third kappa shape index (κ3) is 0.862. The van der Waals surface area contributed by atoms with E-state index in [-0.39, 0.29) is 0 Å². The first-order valence-corrected chi connectivity index (χ1v) is 3.90. The Kier molecular flexibility index (Phi) is 1.07. The number of rotatable bonds is 1. The van der Waals surface area contributed by atoms with Crippen molar-refractivity contribution >= 4 is 11.3 Å². The van der Waals surface area contributed by atoms with Crippen LogP contribution in [0, 0.1) is 0 Å². The second kappa shape index (κ2) is 1.78. The van der Waals surface area contributed by atoms with Gasteiger partial charge in [-0.05, 0) is 6.42 Å². The lowest BCUT2D eigenvalue weighted by atomic mass is 10.4. The zero-order chi connectivity index (χ0) is 6.27. The van der Waals surface area contributed by atoms with Gasteiger partial charge >= 0.3 is 0 Å². The Hall–Kier alpha value is -0.410. The molecule has 3 heteroatoms. The van der Waals surface area contributed by atoms with Crippen LogP contribution in [0.2, 0.25) is 0 Å². The van der Waals surface area contributed by atoms with Gasteiger partial charge in [0.1, 0.15) is 0 Å². The molecule has 1 fully saturated rings. The zero-order valence-corrected chi connectivity index (χ0v) is 5.77. The van der Waals surface area contributed by atoms with E-state index in [1.54, 1.807) is 11.3 Å². The van der Waals surface area contributed by atoms with Crippen LogP contribution in [0.3, 0.4) is 0 Å². The molecule has 1 aromatic rings.